The molecule has 0 unspecified atom stereocenters. The van der Waals surface area contributed by atoms with Crippen molar-refractivity contribution in [3.8, 4) is 0 Å². The van der Waals surface area contributed by atoms with Gasteiger partial charge in [-0.25, -0.2) is 9.59 Å². The first-order valence-electron chi connectivity index (χ1n) is 9.84. The number of hydrogen-bond donors (Lipinski definition) is 2. The van der Waals surface area contributed by atoms with Crippen molar-refractivity contribution in [2.75, 3.05) is 7.11 Å². The lowest BCUT2D eigenvalue weighted by Crippen LogP contribution is -2.53. The van der Waals surface area contributed by atoms with E-state index in [9.17, 15) is 14.4 Å². The molecule has 2 amide bonds. The highest BCUT2D eigenvalue weighted by Crippen LogP contribution is 2.10. The number of esters is 1. The minimum atomic E-state index is -0.981. The summed E-state index contributed by atoms with van der Waals surface area (Å²) in [6.45, 7) is 9.03. The van der Waals surface area contributed by atoms with Crippen LogP contribution >= 0.6 is 0 Å². The summed E-state index contributed by atoms with van der Waals surface area (Å²) >= 11 is 0. The monoisotopic (exact) mass is 393 g/mol. The highest BCUT2D eigenvalue weighted by atomic mass is 16.6. The number of rotatable bonds is 8. The second-order valence-electron chi connectivity index (χ2n) is 8.03. The fourth-order valence-electron chi connectivity index (χ4n) is 2.55. The minimum absolute atomic E-state index is 0.146. The van der Waals surface area contributed by atoms with Crippen molar-refractivity contribution < 1.29 is 25.2 Å². The third-order valence-electron chi connectivity index (χ3n) is 3.73. The molecule has 0 aliphatic rings. The fourth-order valence-corrected chi connectivity index (χ4v) is 2.55. The van der Waals surface area contributed by atoms with E-state index in [4.69, 9.17) is 10.8 Å². The first kappa shape index (κ1) is 21.7. The quantitative estimate of drug-likeness (QED) is 0.663. The van der Waals surface area contributed by atoms with Gasteiger partial charge in [0.15, 0.2) is 0 Å². The van der Waals surface area contributed by atoms with Crippen molar-refractivity contribution >= 4 is 18.0 Å². The van der Waals surface area contributed by atoms with Crippen LogP contribution < -0.4 is 10.6 Å². The van der Waals surface area contributed by atoms with Crippen molar-refractivity contribution in [1.29, 1.82) is 0 Å². The molecule has 1 aromatic carbocycles. The van der Waals surface area contributed by atoms with Crippen LogP contribution in [-0.4, -0.2) is 42.8 Å². The van der Waals surface area contributed by atoms with Crippen molar-refractivity contribution in [1.82, 2.24) is 10.6 Å². The normalized spacial score (nSPS) is 13.9. The van der Waals surface area contributed by atoms with Crippen LogP contribution in [-0.2, 0) is 25.5 Å². The standard InChI is InChI=1S/C21H32N2O5/c1-14(2)12-17(19(25)27-6)22-18(24)16(13-15-10-8-7-9-11-15)23-20(26)28-21(3,4)5/h7-11,14,16-17H,12-13H2,1-6H3,(H,22,24)(H,23,26)/t16-,17-/m0/s1/i8D. The van der Waals surface area contributed by atoms with Crippen LogP contribution in [0.4, 0.5) is 4.79 Å². The summed E-state index contributed by atoms with van der Waals surface area (Å²) in [6.07, 6.45) is -0.189. The molecule has 0 fully saturated rings. The maximum atomic E-state index is 12.9. The van der Waals surface area contributed by atoms with Gasteiger partial charge in [-0.3, -0.25) is 4.79 Å². The molecule has 7 heteroatoms. The lowest BCUT2D eigenvalue weighted by molar-refractivity contribution is -0.145. The van der Waals surface area contributed by atoms with E-state index in [0.29, 0.717) is 18.0 Å². The molecule has 0 bridgehead atoms. The van der Waals surface area contributed by atoms with Gasteiger partial charge in [-0.05, 0) is 38.7 Å². The van der Waals surface area contributed by atoms with Crippen molar-refractivity contribution in [3.63, 3.8) is 0 Å². The molecule has 0 saturated heterocycles. The van der Waals surface area contributed by atoms with Gasteiger partial charge in [0.1, 0.15) is 17.7 Å². The van der Waals surface area contributed by atoms with Gasteiger partial charge in [-0.1, -0.05) is 44.2 Å². The molecule has 28 heavy (non-hydrogen) atoms. The molecule has 0 saturated carbocycles. The van der Waals surface area contributed by atoms with Gasteiger partial charge in [0.05, 0.1) is 8.48 Å². The third-order valence-corrected chi connectivity index (χ3v) is 3.73. The van der Waals surface area contributed by atoms with E-state index in [1.54, 1.807) is 45.0 Å². The van der Waals surface area contributed by atoms with E-state index in [2.05, 4.69) is 10.6 Å². The molecule has 0 aromatic heterocycles. The molecule has 1 aromatic rings. The van der Waals surface area contributed by atoms with Gasteiger partial charge >= 0.3 is 12.1 Å². The highest BCUT2D eigenvalue weighted by molar-refractivity contribution is 5.89. The Labute approximate surface area is 168 Å². The summed E-state index contributed by atoms with van der Waals surface area (Å²) in [5.74, 6) is -0.921. The average molecular weight is 394 g/mol. The largest absolute Gasteiger partial charge is 0.467 e. The van der Waals surface area contributed by atoms with Gasteiger partial charge in [0.2, 0.25) is 5.91 Å². The van der Waals surface area contributed by atoms with Crippen LogP contribution in [0, 0.1) is 5.92 Å². The summed E-state index contributed by atoms with van der Waals surface area (Å²) < 4.78 is 17.8. The van der Waals surface area contributed by atoms with Crippen LogP contribution in [0.15, 0.2) is 30.3 Å². The van der Waals surface area contributed by atoms with E-state index in [-0.39, 0.29) is 12.3 Å². The average Bonchev–Trinajstić information content (AvgIpc) is 2.57. The molecular formula is C21H32N2O5. The first-order chi connectivity index (χ1) is 13.4. The summed E-state index contributed by atoms with van der Waals surface area (Å²) in [4.78, 5) is 37.2. The zero-order chi connectivity index (χ0) is 22.2. The van der Waals surface area contributed by atoms with Crippen LogP contribution in [0.5, 0.6) is 0 Å². The summed E-state index contributed by atoms with van der Waals surface area (Å²) in [7, 11) is 1.26. The molecular weight excluding hydrogens is 360 g/mol. The Morgan fingerprint density at radius 2 is 1.79 bits per heavy atom. The molecule has 0 aliphatic heterocycles. The molecule has 7 nitrogen and oxygen atoms in total. The SMILES string of the molecule is [2H]c1cccc(C[C@H](NC(=O)OC(C)(C)C)C(=O)N[C@@H](CC(C)C)C(=O)OC)c1. The first-order valence-corrected chi connectivity index (χ1v) is 9.34. The van der Waals surface area contributed by atoms with Gasteiger partial charge in [0.25, 0.3) is 0 Å². The zero-order valence-electron chi connectivity index (χ0n) is 18.5. The van der Waals surface area contributed by atoms with Crippen molar-refractivity contribution in [3.05, 3.63) is 35.9 Å². The number of methoxy groups -OCH3 is 1. The van der Waals surface area contributed by atoms with E-state index in [0.717, 1.165) is 0 Å². The summed E-state index contributed by atoms with van der Waals surface area (Å²) in [5, 5.41) is 5.24. The van der Waals surface area contributed by atoms with Crippen LogP contribution in [0.3, 0.4) is 0 Å². The maximum absolute atomic E-state index is 12.9. The fraction of sp³-hybridized carbons (Fsp3) is 0.571. The van der Waals surface area contributed by atoms with E-state index in [1.165, 1.54) is 7.11 Å². The molecule has 156 valence electrons. The number of nitrogens with one attached hydrogen (secondary N) is 2. The number of benzene rings is 1. The molecule has 0 heterocycles. The molecule has 2 atom stereocenters. The lowest BCUT2D eigenvalue weighted by Gasteiger charge is -2.25. The Kier molecular flexibility index (Phi) is 8.29. The summed E-state index contributed by atoms with van der Waals surface area (Å²) in [6, 6.07) is 5.20. The maximum Gasteiger partial charge on any atom is 0.408 e. The van der Waals surface area contributed by atoms with Gasteiger partial charge in [-0.2, -0.15) is 0 Å². The predicted octanol–water partition coefficient (Wildman–Crippen LogP) is 2.83. The Balaban J connectivity index is 3.01. The minimum Gasteiger partial charge on any atom is -0.467 e. The number of ether oxygens (including phenoxy) is 2. The Morgan fingerprint density at radius 1 is 1.11 bits per heavy atom. The van der Waals surface area contributed by atoms with Crippen LogP contribution in [0.2, 0.25) is 0 Å². The van der Waals surface area contributed by atoms with Crippen molar-refractivity contribution in [2.45, 2.75) is 65.1 Å². The van der Waals surface area contributed by atoms with Gasteiger partial charge < -0.3 is 20.1 Å². The number of alkyl carbamates (subject to hydrolysis) is 1. The zero-order valence-corrected chi connectivity index (χ0v) is 17.5. The third kappa shape index (κ3) is 8.88. The molecule has 0 aliphatic carbocycles. The van der Waals surface area contributed by atoms with Gasteiger partial charge in [0, 0.05) is 6.42 Å². The Hall–Kier alpha value is -2.57. The van der Waals surface area contributed by atoms with Crippen LogP contribution in [0.25, 0.3) is 0 Å². The predicted molar refractivity (Wildman–Crippen MR) is 107 cm³/mol. The van der Waals surface area contributed by atoms with Gasteiger partial charge in [-0.15, -0.1) is 0 Å². The highest BCUT2D eigenvalue weighted by Gasteiger charge is 2.29. The van der Waals surface area contributed by atoms with Crippen molar-refractivity contribution in [2.24, 2.45) is 5.92 Å². The summed E-state index contributed by atoms with van der Waals surface area (Å²) in [5.41, 5.74) is -0.0227. The Morgan fingerprint density at radius 3 is 2.32 bits per heavy atom. The lowest BCUT2D eigenvalue weighted by atomic mass is 10.0. The topological polar surface area (TPSA) is 93.7 Å². The molecule has 0 radical (unpaired) electrons. The smallest absolute Gasteiger partial charge is 0.408 e. The van der Waals surface area contributed by atoms with E-state index >= 15 is 0 Å². The number of hydrogen-bond acceptors (Lipinski definition) is 5. The molecule has 1 rings (SSSR count). The second-order valence-corrected chi connectivity index (χ2v) is 8.03. The van der Waals surface area contributed by atoms with E-state index in [1.807, 2.05) is 13.8 Å². The van der Waals surface area contributed by atoms with Crippen LogP contribution in [0.1, 0.15) is 48.0 Å². The Bertz CT molecular complexity index is 715. The molecule has 0 spiro atoms. The number of carbonyl (C=O) groups excluding carboxylic acids is 3. The number of carbonyl (C=O) groups is 3. The van der Waals surface area contributed by atoms with E-state index < -0.39 is 35.7 Å². The number of amides is 2. The second kappa shape index (κ2) is 10.7. The molecule has 2 N–H and O–H groups in total.